The fourth-order valence-corrected chi connectivity index (χ4v) is 4.64. The number of benzene rings is 1. The Labute approximate surface area is 164 Å². The lowest BCUT2D eigenvalue weighted by molar-refractivity contribution is -0.386. The second-order valence-electron chi connectivity index (χ2n) is 8.16. The summed E-state index contributed by atoms with van der Waals surface area (Å²) in [5.41, 5.74) is 0.299. The molecule has 8 heteroatoms. The first-order valence-electron chi connectivity index (χ1n) is 10.2. The zero-order valence-corrected chi connectivity index (χ0v) is 16.2. The maximum atomic E-state index is 13.3. The number of likely N-dealkylation sites (tertiary alicyclic amines) is 1. The highest BCUT2D eigenvalue weighted by Gasteiger charge is 2.38. The van der Waals surface area contributed by atoms with Crippen LogP contribution in [0.25, 0.3) is 0 Å². The summed E-state index contributed by atoms with van der Waals surface area (Å²) >= 11 is 0. The predicted molar refractivity (Wildman–Crippen MR) is 102 cm³/mol. The van der Waals surface area contributed by atoms with Crippen molar-refractivity contribution in [1.29, 1.82) is 0 Å². The molecule has 2 heterocycles. The molecule has 1 saturated carbocycles. The van der Waals surface area contributed by atoms with Gasteiger partial charge in [-0.25, -0.2) is 0 Å². The number of ether oxygens (including phenoxy) is 2. The summed E-state index contributed by atoms with van der Waals surface area (Å²) in [5.74, 6) is 1.12. The Balaban J connectivity index is 1.72. The molecule has 2 unspecified atom stereocenters. The fourth-order valence-electron chi connectivity index (χ4n) is 4.64. The van der Waals surface area contributed by atoms with E-state index in [1.165, 1.54) is 6.07 Å². The quantitative estimate of drug-likeness (QED) is 0.614. The van der Waals surface area contributed by atoms with Crippen molar-refractivity contribution in [1.82, 2.24) is 10.2 Å². The first kappa shape index (κ1) is 19.0. The minimum Gasteiger partial charge on any atom is -0.454 e. The van der Waals surface area contributed by atoms with E-state index in [0.717, 1.165) is 51.6 Å². The summed E-state index contributed by atoms with van der Waals surface area (Å²) in [6, 6.07) is 2.48. The van der Waals surface area contributed by atoms with Gasteiger partial charge in [0, 0.05) is 12.6 Å². The summed E-state index contributed by atoms with van der Waals surface area (Å²) in [6.07, 6.45) is 6.25. The molecule has 1 saturated heterocycles. The van der Waals surface area contributed by atoms with Crippen LogP contribution in [-0.4, -0.2) is 41.7 Å². The topological polar surface area (TPSA) is 93.9 Å². The molecule has 2 fully saturated rings. The summed E-state index contributed by atoms with van der Waals surface area (Å²) in [5, 5.41) is 14.9. The van der Waals surface area contributed by atoms with Crippen LogP contribution in [0.3, 0.4) is 0 Å². The maximum absolute atomic E-state index is 13.3. The third-order valence-electron chi connectivity index (χ3n) is 6.02. The van der Waals surface area contributed by atoms with E-state index in [-0.39, 0.29) is 24.4 Å². The van der Waals surface area contributed by atoms with Crippen LogP contribution in [-0.2, 0) is 4.79 Å². The van der Waals surface area contributed by atoms with Crippen molar-refractivity contribution >= 4 is 11.6 Å². The molecular weight excluding hydrogens is 362 g/mol. The van der Waals surface area contributed by atoms with Gasteiger partial charge in [-0.15, -0.1) is 0 Å². The minimum absolute atomic E-state index is 0.0373. The standard InChI is InChI=1S/C20H27N3O5/c1-13-5-4-8-22(11-13)19(20(24)21-14-6-2-3-7-14)15-9-17-18(28-12-27-17)10-16(15)23(25)26/h9-10,13-14,19H,2-8,11-12H2,1H3,(H,21,24). The Bertz CT molecular complexity index is 762. The van der Waals surface area contributed by atoms with E-state index in [1.807, 2.05) is 0 Å². The Morgan fingerprint density at radius 1 is 1.21 bits per heavy atom. The van der Waals surface area contributed by atoms with Crippen molar-refractivity contribution in [2.75, 3.05) is 19.9 Å². The second-order valence-corrected chi connectivity index (χ2v) is 8.16. The van der Waals surface area contributed by atoms with E-state index in [9.17, 15) is 14.9 Å². The van der Waals surface area contributed by atoms with Gasteiger partial charge in [0.2, 0.25) is 12.7 Å². The zero-order chi connectivity index (χ0) is 19.7. The highest BCUT2D eigenvalue weighted by Crippen LogP contribution is 2.42. The molecule has 1 aromatic rings. The van der Waals surface area contributed by atoms with E-state index >= 15 is 0 Å². The highest BCUT2D eigenvalue weighted by molar-refractivity contribution is 5.85. The van der Waals surface area contributed by atoms with E-state index in [1.54, 1.807) is 6.07 Å². The van der Waals surface area contributed by atoms with Gasteiger partial charge in [0.25, 0.3) is 5.69 Å². The van der Waals surface area contributed by atoms with Crippen molar-refractivity contribution in [2.45, 2.75) is 57.5 Å². The van der Waals surface area contributed by atoms with Crippen LogP contribution < -0.4 is 14.8 Å². The van der Waals surface area contributed by atoms with Crippen LogP contribution in [0.15, 0.2) is 12.1 Å². The number of hydrogen-bond donors (Lipinski definition) is 1. The van der Waals surface area contributed by atoms with Crippen molar-refractivity contribution in [3.63, 3.8) is 0 Å². The third-order valence-corrected chi connectivity index (χ3v) is 6.02. The number of nitrogens with zero attached hydrogens (tertiary/aromatic N) is 2. The fraction of sp³-hybridized carbons (Fsp3) is 0.650. The SMILES string of the molecule is CC1CCCN(C(C(=O)NC2CCCC2)c2cc3c(cc2[N+](=O)[O-])OCO3)C1. The van der Waals surface area contributed by atoms with E-state index in [2.05, 4.69) is 17.1 Å². The number of fused-ring (bicyclic) bond motifs is 1. The van der Waals surface area contributed by atoms with Crippen molar-refractivity contribution in [2.24, 2.45) is 5.92 Å². The molecule has 3 aliphatic rings. The molecule has 0 spiro atoms. The van der Waals surface area contributed by atoms with Crippen molar-refractivity contribution in [3.8, 4) is 11.5 Å². The van der Waals surface area contributed by atoms with E-state index in [0.29, 0.717) is 23.0 Å². The van der Waals surface area contributed by atoms with Gasteiger partial charge in [0.05, 0.1) is 16.6 Å². The number of nitrogens with one attached hydrogen (secondary N) is 1. The van der Waals surface area contributed by atoms with Crippen LogP contribution in [0.4, 0.5) is 5.69 Å². The van der Waals surface area contributed by atoms with Gasteiger partial charge < -0.3 is 14.8 Å². The van der Waals surface area contributed by atoms with Gasteiger partial charge in [0.1, 0.15) is 6.04 Å². The first-order valence-corrected chi connectivity index (χ1v) is 10.2. The summed E-state index contributed by atoms with van der Waals surface area (Å²) in [4.78, 5) is 26.8. The highest BCUT2D eigenvalue weighted by atomic mass is 16.7. The van der Waals surface area contributed by atoms with Gasteiger partial charge in [-0.05, 0) is 44.2 Å². The minimum atomic E-state index is -0.696. The zero-order valence-electron chi connectivity index (χ0n) is 16.2. The lowest BCUT2D eigenvalue weighted by Crippen LogP contribution is -2.47. The van der Waals surface area contributed by atoms with E-state index < -0.39 is 11.0 Å². The molecule has 0 radical (unpaired) electrons. The molecule has 0 aromatic heterocycles. The first-order chi connectivity index (χ1) is 13.5. The Kier molecular flexibility index (Phi) is 5.39. The second kappa shape index (κ2) is 7.95. The van der Waals surface area contributed by atoms with E-state index in [4.69, 9.17) is 9.47 Å². The number of nitro benzene ring substituents is 1. The molecule has 4 rings (SSSR count). The molecule has 28 heavy (non-hydrogen) atoms. The summed E-state index contributed by atoms with van der Waals surface area (Å²) in [7, 11) is 0. The van der Waals surface area contributed by atoms with Gasteiger partial charge in [-0.2, -0.15) is 0 Å². The molecule has 152 valence electrons. The molecule has 2 aliphatic heterocycles. The molecule has 2 atom stereocenters. The average Bonchev–Trinajstić information content (AvgIpc) is 3.32. The molecule has 1 aromatic carbocycles. The number of nitro groups is 1. The third kappa shape index (κ3) is 3.78. The molecular formula is C20H27N3O5. The number of hydrogen-bond acceptors (Lipinski definition) is 6. The molecule has 1 amide bonds. The number of carbonyl (C=O) groups is 1. The van der Waals surface area contributed by atoms with Crippen LogP contribution in [0, 0.1) is 16.0 Å². The van der Waals surface area contributed by atoms with Gasteiger partial charge >= 0.3 is 0 Å². The summed E-state index contributed by atoms with van der Waals surface area (Å²) < 4.78 is 10.8. The number of rotatable bonds is 5. The van der Waals surface area contributed by atoms with Crippen LogP contribution in [0.2, 0.25) is 0 Å². The monoisotopic (exact) mass is 389 g/mol. The molecule has 0 bridgehead atoms. The lowest BCUT2D eigenvalue weighted by atomic mass is 9.94. The van der Waals surface area contributed by atoms with Crippen LogP contribution >= 0.6 is 0 Å². The van der Waals surface area contributed by atoms with Crippen LogP contribution in [0.1, 0.15) is 57.1 Å². The predicted octanol–water partition coefficient (Wildman–Crippen LogP) is 3.16. The molecule has 1 N–H and O–H groups in total. The molecule has 8 nitrogen and oxygen atoms in total. The Hall–Kier alpha value is -2.35. The van der Waals surface area contributed by atoms with Crippen molar-refractivity contribution < 1.29 is 19.2 Å². The largest absolute Gasteiger partial charge is 0.454 e. The number of piperidine rings is 1. The number of amides is 1. The maximum Gasteiger partial charge on any atom is 0.278 e. The molecule has 1 aliphatic carbocycles. The van der Waals surface area contributed by atoms with Gasteiger partial charge in [-0.1, -0.05) is 19.8 Å². The Morgan fingerprint density at radius 2 is 1.93 bits per heavy atom. The average molecular weight is 389 g/mol. The Morgan fingerprint density at radius 3 is 2.61 bits per heavy atom. The smallest absolute Gasteiger partial charge is 0.278 e. The van der Waals surface area contributed by atoms with Crippen LogP contribution in [0.5, 0.6) is 11.5 Å². The lowest BCUT2D eigenvalue weighted by Gasteiger charge is -2.37. The van der Waals surface area contributed by atoms with Gasteiger partial charge in [-0.3, -0.25) is 19.8 Å². The number of carbonyl (C=O) groups excluding carboxylic acids is 1. The normalized spacial score (nSPS) is 23.5. The van der Waals surface area contributed by atoms with Gasteiger partial charge in [0.15, 0.2) is 11.5 Å². The summed E-state index contributed by atoms with van der Waals surface area (Å²) in [6.45, 7) is 3.69. The van der Waals surface area contributed by atoms with Crippen molar-refractivity contribution in [3.05, 3.63) is 27.8 Å².